The van der Waals surface area contributed by atoms with E-state index in [1.165, 1.54) is 6.20 Å². The lowest BCUT2D eigenvalue weighted by atomic mass is 10.0. The van der Waals surface area contributed by atoms with Crippen molar-refractivity contribution in [3.8, 4) is 0 Å². The molecule has 0 aromatic carbocycles. The second-order valence-electron chi connectivity index (χ2n) is 2.99. The lowest BCUT2D eigenvalue weighted by Gasteiger charge is -2.28. The quantitative estimate of drug-likeness (QED) is 0.467. The molecular formula is C7H11N3O4S. The number of hydrogen-bond donors (Lipinski definition) is 4. The van der Waals surface area contributed by atoms with Crippen molar-refractivity contribution in [1.82, 2.24) is 14.9 Å². The summed E-state index contributed by atoms with van der Waals surface area (Å²) in [5, 5.41) is 32.7. The lowest BCUT2D eigenvalue weighted by molar-refractivity contribution is 0.0377. The molecule has 0 bridgehead atoms. The molecule has 1 amide bonds. The highest BCUT2D eigenvalue weighted by Gasteiger charge is 2.30. The van der Waals surface area contributed by atoms with Gasteiger partial charge in [0, 0.05) is 0 Å². The van der Waals surface area contributed by atoms with Gasteiger partial charge in [-0.25, -0.2) is 0 Å². The summed E-state index contributed by atoms with van der Waals surface area (Å²) in [5.41, 5.74) is -1.42. The summed E-state index contributed by atoms with van der Waals surface area (Å²) in [6, 6.07) is 0. The van der Waals surface area contributed by atoms with E-state index < -0.39 is 31.3 Å². The Kier molecular flexibility index (Phi) is 4.09. The van der Waals surface area contributed by atoms with Crippen LogP contribution in [0, 0.1) is 0 Å². The SMILES string of the molecule is O=C(NC(CO)(CO)CO)c1cnns1. The first-order valence-corrected chi connectivity index (χ1v) is 4.87. The van der Waals surface area contributed by atoms with Crippen molar-refractivity contribution < 1.29 is 20.1 Å². The van der Waals surface area contributed by atoms with Crippen LogP contribution in [0.5, 0.6) is 0 Å². The van der Waals surface area contributed by atoms with Crippen LogP contribution < -0.4 is 5.32 Å². The summed E-state index contributed by atoms with van der Waals surface area (Å²) in [6.07, 6.45) is 1.26. The number of rotatable bonds is 5. The largest absolute Gasteiger partial charge is 0.394 e. The van der Waals surface area contributed by atoms with Gasteiger partial charge in [0.2, 0.25) is 0 Å². The molecule has 1 aromatic rings. The Morgan fingerprint density at radius 2 is 2.00 bits per heavy atom. The van der Waals surface area contributed by atoms with E-state index in [1.807, 2.05) is 0 Å². The zero-order valence-corrected chi connectivity index (χ0v) is 8.57. The third-order valence-electron chi connectivity index (χ3n) is 1.87. The van der Waals surface area contributed by atoms with Gasteiger partial charge in [-0.05, 0) is 11.5 Å². The second-order valence-corrected chi connectivity index (χ2v) is 3.78. The number of hydrogen-bond acceptors (Lipinski definition) is 7. The van der Waals surface area contributed by atoms with Crippen LogP contribution >= 0.6 is 11.5 Å². The maximum atomic E-state index is 11.5. The summed E-state index contributed by atoms with van der Waals surface area (Å²) in [5.74, 6) is -0.540. The first-order valence-electron chi connectivity index (χ1n) is 4.10. The number of amides is 1. The minimum Gasteiger partial charge on any atom is -0.394 e. The van der Waals surface area contributed by atoms with Crippen LogP contribution in [-0.4, -0.2) is 56.2 Å². The molecule has 0 saturated heterocycles. The molecule has 0 unspecified atom stereocenters. The maximum Gasteiger partial charge on any atom is 0.265 e. The number of aliphatic hydroxyl groups excluding tert-OH is 3. The molecule has 15 heavy (non-hydrogen) atoms. The van der Waals surface area contributed by atoms with Gasteiger partial charge in [-0.3, -0.25) is 4.79 Å². The Labute approximate surface area is 89.5 Å². The molecule has 84 valence electrons. The van der Waals surface area contributed by atoms with Gasteiger partial charge in [-0.15, -0.1) is 5.10 Å². The van der Waals surface area contributed by atoms with Crippen LogP contribution in [0.2, 0.25) is 0 Å². The van der Waals surface area contributed by atoms with Crippen LogP contribution in [0.4, 0.5) is 0 Å². The number of carbonyl (C=O) groups excluding carboxylic acids is 1. The number of aliphatic hydroxyl groups is 3. The number of nitrogens with one attached hydrogen (secondary N) is 1. The summed E-state index contributed by atoms with van der Waals surface area (Å²) in [4.78, 5) is 11.7. The smallest absolute Gasteiger partial charge is 0.265 e. The average molecular weight is 233 g/mol. The Hall–Kier alpha value is -1.09. The van der Waals surface area contributed by atoms with Gasteiger partial charge in [-0.1, -0.05) is 4.49 Å². The van der Waals surface area contributed by atoms with Crippen molar-refractivity contribution in [2.75, 3.05) is 19.8 Å². The van der Waals surface area contributed by atoms with Gasteiger partial charge in [0.05, 0.1) is 26.0 Å². The molecule has 0 aliphatic rings. The number of nitrogens with zero attached hydrogens (tertiary/aromatic N) is 2. The fraction of sp³-hybridized carbons (Fsp3) is 0.571. The molecule has 0 fully saturated rings. The van der Waals surface area contributed by atoms with Crippen LogP contribution in [0.25, 0.3) is 0 Å². The highest BCUT2D eigenvalue weighted by Crippen LogP contribution is 2.07. The van der Waals surface area contributed by atoms with Crippen molar-refractivity contribution in [3.63, 3.8) is 0 Å². The Morgan fingerprint density at radius 3 is 2.40 bits per heavy atom. The zero-order chi connectivity index (χ0) is 11.3. The van der Waals surface area contributed by atoms with Crippen LogP contribution in [-0.2, 0) is 0 Å². The van der Waals surface area contributed by atoms with Crippen LogP contribution in [0.15, 0.2) is 6.20 Å². The van der Waals surface area contributed by atoms with Crippen LogP contribution in [0.3, 0.4) is 0 Å². The van der Waals surface area contributed by atoms with E-state index in [0.717, 1.165) is 11.5 Å². The van der Waals surface area contributed by atoms with Crippen molar-refractivity contribution in [2.24, 2.45) is 0 Å². The van der Waals surface area contributed by atoms with Crippen molar-refractivity contribution in [1.29, 1.82) is 0 Å². The van der Waals surface area contributed by atoms with E-state index in [-0.39, 0.29) is 4.88 Å². The predicted molar refractivity (Wildman–Crippen MR) is 51.4 cm³/mol. The zero-order valence-electron chi connectivity index (χ0n) is 7.75. The minimum absolute atomic E-state index is 0.245. The van der Waals surface area contributed by atoms with E-state index in [0.29, 0.717) is 0 Å². The van der Waals surface area contributed by atoms with Gasteiger partial charge in [-0.2, -0.15) is 0 Å². The Morgan fingerprint density at radius 1 is 1.40 bits per heavy atom. The summed E-state index contributed by atoms with van der Waals surface area (Å²) < 4.78 is 3.49. The van der Waals surface area contributed by atoms with E-state index in [2.05, 4.69) is 14.9 Å². The lowest BCUT2D eigenvalue weighted by Crippen LogP contribution is -2.56. The third kappa shape index (κ3) is 2.69. The third-order valence-corrected chi connectivity index (χ3v) is 2.54. The highest BCUT2D eigenvalue weighted by atomic mass is 32.1. The van der Waals surface area contributed by atoms with Gasteiger partial charge in [0.25, 0.3) is 5.91 Å². The molecule has 8 heteroatoms. The Bertz CT molecular complexity index is 304. The average Bonchev–Trinajstić information content (AvgIpc) is 2.79. The first kappa shape index (κ1) is 12.0. The first-order chi connectivity index (χ1) is 7.17. The maximum absolute atomic E-state index is 11.5. The summed E-state index contributed by atoms with van der Waals surface area (Å²) in [6.45, 7) is -1.67. The van der Waals surface area contributed by atoms with Crippen molar-refractivity contribution in [2.45, 2.75) is 5.54 Å². The molecule has 7 nitrogen and oxygen atoms in total. The highest BCUT2D eigenvalue weighted by molar-refractivity contribution is 7.07. The fourth-order valence-corrected chi connectivity index (χ4v) is 1.25. The van der Waals surface area contributed by atoms with E-state index in [9.17, 15) is 4.79 Å². The molecule has 0 aliphatic carbocycles. The topological polar surface area (TPSA) is 116 Å². The van der Waals surface area contributed by atoms with Gasteiger partial charge in [0.1, 0.15) is 10.4 Å². The minimum atomic E-state index is -1.42. The van der Waals surface area contributed by atoms with Crippen molar-refractivity contribution >= 4 is 17.4 Å². The van der Waals surface area contributed by atoms with E-state index >= 15 is 0 Å². The van der Waals surface area contributed by atoms with Crippen LogP contribution in [0.1, 0.15) is 9.67 Å². The summed E-state index contributed by atoms with van der Waals surface area (Å²) >= 11 is 0.885. The Balaban J connectivity index is 2.71. The molecule has 0 aliphatic heterocycles. The second kappa shape index (κ2) is 5.12. The van der Waals surface area contributed by atoms with Gasteiger partial charge in [0.15, 0.2) is 0 Å². The van der Waals surface area contributed by atoms with Gasteiger partial charge < -0.3 is 20.6 Å². The molecule has 0 radical (unpaired) electrons. The van der Waals surface area contributed by atoms with E-state index in [1.54, 1.807) is 0 Å². The fourth-order valence-electron chi connectivity index (χ4n) is 0.838. The molecule has 0 saturated carbocycles. The number of aromatic nitrogens is 2. The summed E-state index contributed by atoms with van der Waals surface area (Å²) in [7, 11) is 0. The predicted octanol–water partition coefficient (Wildman–Crippen LogP) is -2.02. The molecule has 1 rings (SSSR count). The molecule has 4 N–H and O–H groups in total. The molecule has 0 atom stereocenters. The number of carbonyl (C=O) groups is 1. The standard InChI is InChI=1S/C7H11N3O4S/c11-2-7(3-12,4-13)9-6(14)5-1-8-10-15-5/h1,11-13H,2-4H2,(H,9,14). The molecule has 1 aromatic heterocycles. The van der Waals surface area contributed by atoms with Gasteiger partial charge >= 0.3 is 0 Å². The monoisotopic (exact) mass is 233 g/mol. The molecular weight excluding hydrogens is 222 g/mol. The normalized spacial score (nSPS) is 11.4. The molecule has 1 heterocycles. The van der Waals surface area contributed by atoms with Crippen molar-refractivity contribution in [3.05, 3.63) is 11.1 Å². The molecule has 0 spiro atoms. The van der Waals surface area contributed by atoms with E-state index in [4.69, 9.17) is 15.3 Å².